The van der Waals surface area contributed by atoms with Gasteiger partial charge in [-0.25, -0.2) is 0 Å². The minimum Gasteiger partial charge on any atom is -0.462 e. The number of rotatable bonds is 55. The van der Waals surface area contributed by atoms with Gasteiger partial charge in [-0.15, -0.1) is 0 Å². The molecule has 0 spiro atoms. The third-order valence-electron chi connectivity index (χ3n) is 12.7. The summed E-state index contributed by atoms with van der Waals surface area (Å²) in [6, 6.07) is 0. The molecule has 0 rings (SSSR count). The highest BCUT2D eigenvalue weighted by molar-refractivity contribution is 5.71. The molecule has 0 aliphatic heterocycles. The van der Waals surface area contributed by atoms with E-state index >= 15 is 0 Å². The third-order valence-corrected chi connectivity index (χ3v) is 12.7. The molecule has 0 saturated carbocycles. The van der Waals surface area contributed by atoms with Crippen molar-refractivity contribution >= 4 is 17.9 Å². The van der Waals surface area contributed by atoms with Crippen molar-refractivity contribution < 1.29 is 28.6 Å². The standard InChI is InChI=1S/C73H114O6/c1-4-7-10-13-15-17-19-21-23-25-27-29-31-33-34-35-36-37-38-40-41-43-45-47-49-51-53-55-57-60-63-66-72(75)78-69-70(68-77-71(74)65-62-59-12-9-6-3)79-73(76)67-64-61-58-56-54-52-50-48-46-44-42-39-32-30-28-26-24-22-20-18-16-14-11-8-5-2/h7-8,10-11,15-18,21-24,27-30,33-34,36-37,39-42,46,48,52,54,70H,4-6,9,12-14,19-20,25-26,31-32,35,38,43-45,47,49-51,53,55-69H2,1-3H3/b10-7-,11-8-,17-15-,18-16-,23-21-,24-22-,29-27-,30-28-,34-33-,37-36-,41-40-,42-39-,48-46-,54-52-. The second-order valence-corrected chi connectivity index (χ2v) is 20.2. The van der Waals surface area contributed by atoms with Gasteiger partial charge in [-0.2, -0.15) is 0 Å². The Morgan fingerprint density at radius 2 is 0.494 bits per heavy atom. The Bertz CT molecular complexity index is 1820. The van der Waals surface area contributed by atoms with Gasteiger partial charge >= 0.3 is 17.9 Å². The maximum atomic E-state index is 12.8. The number of hydrogen-bond donors (Lipinski definition) is 0. The molecule has 0 aromatic heterocycles. The molecule has 1 unspecified atom stereocenters. The maximum Gasteiger partial charge on any atom is 0.306 e. The van der Waals surface area contributed by atoms with Crippen molar-refractivity contribution in [2.24, 2.45) is 0 Å². The van der Waals surface area contributed by atoms with Gasteiger partial charge in [-0.1, -0.05) is 268 Å². The molecule has 0 saturated heterocycles. The van der Waals surface area contributed by atoms with Gasteiger partial charge in [0.05, 0.1) is 0 Å². The molecule has 6 nitrogen and oxygen atoms in total. The first-order chi connectivity index (χ1) is 39.0. The van der Waals surface area contributed by atoms with Crippen LogP contribution in [0, 0.1) is 0 Å². The molecule has 0 N–H and O–H groups in total. The van der Waals surface area contributed by atoms with Gasteiger partial charge < -0.3 is 14.2 Å². The van der Waals surface area contributed by atoms with E-state index in [-0.39, 0.29) is 37.5 Å². The van der Waals surface area contributed by atoms with Crippen LogP contribution in [0.3, 0.4) is 0 Å². The topological polar surface area (TPSA) is 78.9 Å². The smallest absolute Gasteiger partial charge is 0.306 e. The molecule has 442 valence electrons. The largest absolute Gasteiger partial charge is 0.462 e. The zero-order chi connectivity index (χ0) is 57.1. The quantitative estimate of drug-likeness (QED) is 0.0261. The van der Waals surface area contributed by atoms with Gasteiger partial charge in [-0.3, -0.25) is 14.4 Å². The molecule has 0 fully saturated rings. The minimum atomic E-state index is -0.804. The van der Waals surface area contributed by atoms with E-state index in [1.807, 2.05) is 0 Å². The van der Waals surface area contributed by atoms with E-state index in [1.54, 1.807) is 0 Å². The Morgan fingerprint density at radius 3 is 0.785 bits per heavy atom. The molecular formula is C73H114O6. The fourth-order valence-electron chi connectivity index (χ4n) is 8.05. The molecule has 0 heterocycles. The normalized spacial score (nSPS) is 13.3. The molecule has 79 heavy (non-hydrogen) atoms. The summed E-state index contributed by atoms with van der Waals surface area (Å²) in [5.41, 5.74) is 0. The lowest BCUT2D eigenvalue weighted by Gasteiger charge is -2.18. The first-order valence-corrected chi connectivity index (χ1v) is 31.6. The summed E-state index contributed by atoms with van der Waals surface area (Å²) in [7, 11) is 0. The molecule has 0 aromatic carbocycles. The van der Waals surface area contributed by atoms with Crippen LogP contribution in [-0.4, -0.2) is 37.2 Å². The van der Waals surface area contributed by atoms with Gasteiger partial charge in [-0.05, 0) is 135 Å². The average Bonchev–Trinajstić information content (AvgIpc) is 3.45. The van der Waals surface area contributed by atoms with Crippen LogP contribution < -0.4 is 0 Å². The van der Waals surface area contributed by atoms with Gasteiger partial charge in [0.15, 0.2) is 6.10 Å². The van der Waals surface area contributed by atoms with Crippen LogP contribution in [0.5, 0.6) is 0 Å². The molecule has 0 aliphatic rings. The summed E-state index contributed by atoms with van der Waals surface area (Å²) in [4.78, 5) is 37.9. The lowest BCUT2D eigenvalue weighted by Crippen LogP contribution is -2.30. The van der Waals surface area contributed by atoms with Gasteiger partial charge in [0, 0.05) is 19.3 Å². The van der Waals surface area contributed by atoms with Crippen molar-refractivity contribution in [1.82, 2.24) is 0 Å². The molecular weight excluding hydrogens is 973 g/mol. The number of carbonyl (C=O) groups is 3. The summed E-state index contributed by atoms with van der Waals surface area (Å²) >= 11 is 0. The van der Waals surface area contributed by atoms with Gasteiger partial charge in [0.2, 0.25) is 0 Å². The van der Waals surface area contributed by atoms with Crippen LogP contribution in [0.4, 0.5) is 0 Å². The number of hydrogen-bond acceptors (Lipinski definition) is 6. The highest BCUT2D eigenvalue weighted by Gasteiger charge is 2.19. The van der Waals surface area contributed by atoms with E-state index in [9.17, 15) is 14.4 Å². The van der Waals surface area contributed by atoms with Crippen LogP contribution >= 0.6 is 0 Å². The molecule has 6 heteroatoms. The van der Waals surface area contributed by atoms with Crippen molar-refractivity contribution in [3.8, 4) is 0 Å². The second-order valence-electron chi connectivity index (χ2n) is 20.2. The number of unbranched alkanes of at least 4 members (excludes halogenated alkanes) is 16. The monoisotopic (exact) mass is 1090 g/mol. The van der Waals surface area contributed by atoms with Crippen molar-refractivity contribution in [3.05, 3.63) is 170 Å². The van der Waals surface area contributed by atoms with Crippen LogP contribution in [0.2, 0.25) is 0 Å². The predicted molar refractivity (Wildman–Crippen MR) is 343 cm³/mol. The van der Waals surface area contributed by atoms with E-state index in [2.05, 4.69) is 191 Å². The predicted octanol–water partition coefficient (Wildman–Crippen LogP) is 21.9. The maximum absolute atomic E-state index is 12.8. The molecule has 0 aromatic rings. The Kier molecular flexibility index (Phi) is 61.0. The zero-order valence-corrected chi connectivity index (χ0v) is 50.6. The first kappa shape index (κ1) is 73.8. The number of allylic oxidation sites excluding steroid dienone is 28. The highest BCUT2D eigenvalue weighted by atomic mass is 16.6. The van der Waals surface area contributed by atoms with Crippen molar-refractivity contribution in [2.45, 2.75) is 258 Å². The van der Waals surface area contributed by atoms with Crippen LogP contribution in [0.25, 0.3) is 0 Å². The first-order valence-electron chi connectivity index (χ1n) is 31.6. The molecule has 0 aliphatic carbocycles. The summed E-state index contributed by atoms with van der Waals surface area (Å²) in [5, 5.41) is 0. The molecule has 0 amide bonds. The van der Waals surface area contributed by atoms with E-state index in [4.69, 9.17) is 14.2 Å². The number of ether oxygens (including phenoxy) is 3. The zero-order valence-electron chi connectivity index (χ0n) is 50.6. The molecule has 1 atom stereocenters. The van der Waals surface area contributed by atoms with Crippen molar-refractivity contribution in [2.75, 3.05) is 13.2 Å². The van der Waals surface area contributed by atoms with E-state index in [0.717, 1.165) is 167 Å². The third kappa shape index (κ3) is 63.5. The average molecular weight is 1090 g/mol. The van der Waals surface area contributed by atoms with Crippen molar-refractivity contribution in [3.63, 3.8) is 0 Å². The van der Waals surface area contributed by atoms with Crippen LogP contribution in [0.1, 0.15) is 252 Å². The number of carbonyl (C=O) groups excluding carboxylic acids is 3. The fourth-order valence-corrected chi connectivity index (χ4v) is 8.05. The summed E-state index contributed by atoms with van der Waals surface area (Å²) in [5.74, 6) is -0.962. The van der Waals surface area contributed by atoms with Crippen molar-refractivity contribution in [1.29, 1.82) is 0 Å². The Labute approximate surface area is 485 Å². The SMILES string of the molecule is CC/C=C\C/C=C\C/C=C\C/C=C\C/C=C\C/C=C\C/C=C\CCCCCCCCCCCC(=O)OCC(COC(=O)CCCCCCC)OC(=O)CCCCC/C=C\C/C=C\C/C=C\C/C=C\C/C=C\C/C=C\C/C=C\CC. The Morgan fingerprint density at radius 1 is 0.266 bits per heavy atom. The highest BCUT2D eigenvalue weighted by Crippen LogP contribution is 2.14. The van der Waals surface area contributed by atoms with Crippen LogP contribution in [-0.2, 0) is 28.6 Å². The molecule has 0 bridgehead atoms. The van der Waals surface area contributed by atoms with E-state index in [1.165, 1.54) is 38.5 Å². The summed E-state index contributed by atoms with van der Waals surface area (Å²) in [6.45, 7) is 6.28. The summed E-state index contributed by atoms with van der Waals surface area (Å²) < 4.78 is 16.7. The lowest BCUT2D eigenvalue weighted by atomic mass is 10.1. The van der Waals surface area contributed by atoms with Crippen LogP contribution in [0.15, 0.2) is 170 Å². The lowest BCUT2D eigenvalue weighted by molar-refractivity contribution is -0.167. The summed E-state index contributed by atoms with van der Waals surface area (Å²) in [6.07, 6.45) is 96.9. The Hall–Kier alpha value is -5.23. The van der Waals surface area contributed by atoms with Gasteiger partial charge in [0.1, 0.15) is 13.2 Å². The van der Waals surface area contributed by atoms with Gasteiger partial charge in [0.25, 0.3) is 0 Å². The number of esters is 3. The Balaban J connectivity index is 4.17. The van der Waals surface area contributed by atoms with E-state index in [0.29, 0.717) is 19.3 Å². The fraction of sp³-hybridized carbons (Fsp3) is 0.575. The van der Waals surface area contributed by atoms with E-state index < -0.39 is 6.10 Å². The second kappa shape index (κ2) is 65.3. The molecule has 0 radical (unpaired) electrons. The minimum absolute atomic E-state index is 0.101.